The Balaban J connectivity index is 0.000000337. The van der Waals surface area contributed by atoms with Crippen molar-refractivity contribution >= 4 is 35.1 Å². The molecule has 3 atom stereocenters. The molecule has 5 rings (SSSR count). The molecule has 0 saturated heterocycles. The van der Waals surface area contributed by atoms with Gasteiger partial charge in [-0.15, -0.1) is 0 Å². The van der Waals surface area contributed by atoms with E-state index in [0.717, 1.165) is 22.4 Å². The maximum absolute atomic E-state index is 11.0. The van der Waals surface area contributed by atoms with E-state index < -0.39 is 24.5 Å². The van der Waals surface area contributed by atoms with Gasteiger partial charge in [0, 0.05) is 6.92 Å². The predicted octanol–water partition coefficient (Wildman–Crippen LogP) is 4.52. The van der Waals surface area contributed by atoms with Crippen molar-refractivity contribution in [2.45, 2.75) is 52.0 Å². The Hall–Kier alpha value is -5.25. The van der Waals surface area contributed by atoms with Crippen LogP contribution in [0.3, 0.4) is 0 Å². The molecule has 0 fully saturated rings. The number of hydrogen-bond donors (Lipinski definition) is 3. The summed E-state index contributed by atoms with van der Waals surface area (Å²) in [5.41, 5.74) is 9.92. The van der Waals surface area contributed by atoms with Crippen molar-refractivity contribution in [2.75, 3.05) is 33.0 Å². The van der Waals surface area contributed by atoms with Gasteiger partial charge >= 0.3 is 24.1 Å². The van der Waals surface area contributed by atoms with E-state index in [9.17, 15) is 32.3 Å². The summed E-state index contributed by atoms with van der Waals surface area (Å²) in [5.74, 6) is -1.86. The molecular formula is C37H44F3N3O9. The molecule has 0 amide bonds. The van der Waals surface area contributed by atoms with Crippen LogP contribution in [0.1, 0.15) is 56.5 Å². The van der Waals surface area contributed by atoms with E-state index in [1.54, 1.807) is 20.8 Å². The lowest BCUT2D eigenvalue weighted by Crippen LogP contribution is -2.29. The Labute approximate surface area is 300 Å². The van der Waals surface area contributed by atoms with Gasteiger partial charge in [0.25, 0.3) is 0 Å². The molecule has 4 N–H and O–H groups in total. The van der Waals surface area contributed by atoms with E-state index in [4.69, 9.17) is 25.4 Å². The van der Waals surface area contributed by atoms with Crippen LogP contribution in [0.25, 0.3) is 0 Å². The maximum Gasteiger partial charge on any atom is 0.411 e. The molecule has 2 aliphatic heterocycles. The van der Waals surface area contributed by atoms with Gasteiger partial charge in [0.05, 0.1) is 25.0 Å². The lowest BCUT2D eigenvalue weighted by atomic mass is 10.1. The number of Topliss-reactive ketones (excluding diaryl/α,β-unsaturated/α-hetero) is 1. The third kappa shape index (κ3) is 18.1. The predicted molar refractivity (Wildman–Crippen MR) is 188 cm³/mol. The van der Waals surface area contributed by atoms with Crippen molar-refractivity contribution in [3.05, 3.63) is 108 Å². The number of aliphatic imine (C=N–C) groups is 2. The van der Waals surface area contributed by atoms with Crippen molar-refractivity contribution in [3.8, 4) is 0 Å². The first-order valence-electron chi connectivity index (χ1n) is 15.9. The number of halogens is 3. The highest BCUT2D eigenvalue weighted by atomic mass is 19.4. The number of aliphatic hydroxyl groups is 2. The maximum atomic E-state index is 11.0. The Morgan fingerprint density at radius 1 is 0.923 bits per heavy atom. The minimum Gasteiger partial charge on any atom is -0.460 e. The van der Waals surface area contributed by atoms with Crippen LogP contribution in [0.4, 0.5) is 13.2 Å². The summed E-state index contributed by atoms with van der Waals surface area (Å²) < 4.78 is 45.9. The number of ether oxygens (including phenoxy) is 3. The van der Waals surface area contributed by atoms with Gasteiger partial charge in [0.15, 0.2) is 0 Å². The average molecular weight is 732 g/mol. The fourth-order valence-corrected chi connectivity index (χ4v) is 3.84. The smallest absolute Gasteiger partial charge is 0.411 e. The first kappa shape index (κ1) is 44.8. The third-order valence-electron chi connectivity index (χ3n) is 6.52. The summed E-state index contributed by atoms with van der Waals surface area (Å²) in [4.78, 5) is 50.8. The number of aliphatic hydroxyl groups excluding tert-OH is 2. The Bertz CT molecular complexity index is 1590. The number of nitrogens with zero attached hydrogens (tertiary/aromatic N) is 2. The number of carbonyl (C=O) groups excluding carboxylic acids is 4. The van der Waals surface area contributed by atoms with Crippen molar-refractivity contribution in [2.24, 2.45) is 15.7 Å². The summed E-state index contributed by atoms with van der Waals surface area (Å²) in [6.45, 7) is 5.42. The molecule has 1 unspecified atom stereocenters. The van der Waals surface area contributed by atoms with Gasteiger partial charge in [0.2, 0.25) is 5.78 Å². The van der Waals surface area contributed by atoms with Gasteiger partial charge in [-0.3, -0.25) is 14.8 Å². The highest BCUT2D eigenvalue weighted by molar-refractivity contribution is 6.35. The zero-order chi connectivity index (χ0) is 39.1. The molecule has 2 aliphatic rings. The molecule has 0 aromatic heterocycles. The molecule has 3 aromatic carbocycles. The van der Waals surface area contributed by atoms with Crippen LogP contribution in [0.2, 0.25) is 0 Å². The Morgan fingerprint density at radius 2 is 1.44 bits per heavy atom. The van der Waals surface area contributed by atoms with Crippen LogP contribution in [-0.2, 0) is 33.4 Å². The molecule has 0 bridgehead atoms. The number of nitrogens with two attached hydrogens (primary N) is 1. The van der Waals surface area contributed by atoms with Gasteiger partial charge in [0.1, 0.15) is 37.6 Å². The molecule has 0 radical (unpaired) electrons. The number of carbonyl (C=O) groups is 4. The van der Waals surface area contributed by atoms with E-state index in [-0.39, 0.29) is 49.9 Å². The number of cyclic esters (lactones) is 2. The van der Waals surface area contributed by atoms with Crippen molar-refractivity contribution < 1.29 is 56.8 Å². The highest BCUT2D eigenvalue weighted by Crippen LogP contribution is 2.20. The number of rotatable bonds is 6. The first-order chi connectivity index (χ1) is 24.6. The lowest BCUT2D eigenvalue weighted by molar-refractivity contribution is -0.159. The zero-order valence-electron chi connectivity index (χ0n) is 29.3. The zero-order valence-corrected chi connectivity index (χ0v) is 29.3. The molecule has 52 heavy (non-hydrogen) atoms. The molecule has 15 heteroatoms. The van der Waals surface area contributed by atoms with E-state index >= 15 is 0 Å². The van der Waals surface area contributed by atoms with Crippen LogP contribution >= 0.6 is 0 Å². The number of benzene rings is 3. The van der Waals surface area contributed by atoms with Gasteiger partial charge in [-0.2, -0.15) is 13.2 Å². The molecule has 0 saturated carbocycles. The summed E-state index contributed by atoms with van der Waals surface area (Å²) in [7, 11) is 0. The van der Waals surface area contributed by atoms with Gasteiger partial charge in [-0.25, -0.2) is 14.4 Å². The standard InChI is InChI=1S/2C11H11NO2.C8H11NO.C5H8O3.C2H3F3O/c2*1-8-11(13)14-7-10(12-8)9-5-3-2-4-6-9;9-8(6-10)7-4-2-1-3-5-7;1-3-8-5(7)4(2)6;3-2(4,5)1-6/h2-6,10H,7H2,1H3;2-6,8H,7H2,1H3;1-5,8,10H,6,9H2;3H2,1-2H3;6H,1H2/t10-;;8-;;/m0.0../s1. The van der Waals surface area contributed by atoms with Crippen LogP contribution < -0.4 is 5.73 Å². The second kappa shape index (κ2) is 24.0. The third-order valence-corrected chi connectivity index (χ3v) is 6.52. The van der Waals surface area contributed by atoms with E-state index in [0.29, 0.717) is 12.3 Å². The second-order valence-corrected chi connectivity index (χ2v) is 10.7. The van der Waals surface area contributed by atoms with E-state index in [1.807, 2.05) is 91.0 Å². The van der Waals surface area contributed by atoms with Gasteiger partial charge < -0.3 is 30.2 Å². The number of ketones is 1. The molecule has 0 spiro atoms. The Kier molecular flexibility index (Phi) is 20.7. The minimum atomic E-state index is -4.40. The number of esters is 3. The van der Waals surface area contributed by atoms with Gasteiger partial charge in [-0.1, -0.05) is 91.0 Å². The Morgan fingerprint density at radius 3 is 1.87 bits per heavy atom. The van der Waals surface area contributed by atoms with Crippen molar-refractivity contribution in [1.29, 1.82) is 0 Å². The fraction of sp³-hybridized carbons (Fsp3) is 0.351. The van der Waals surface area contributed by atoms with Crippen LogP contribution in [-0.4, -0.2) is 90.6 Å². The average Bonchev–Trinajstić information content (AvgIpc) is 3.15. The minimum absolute atomic E-state index is 0.00398. The fourth-order valence-electron chi connectivity index (χ4n) is 3.84. The molecule has 0 aliphatic carbocycles. The van der Waals surface area contributed by atoms with E-state index in [2.05, 4.69) is 14.7 Å². The van der Waals surface area contributed by atoms with Crippen molar-refractivity contribution in [3.63, 3.8) is 0 Å². The topological polar surface area (TPSA) is 187 Å². The summed E-state index contributed by atoms with van der Waals surface area (Å²) >= 11 is 0. The van der Waals surface area contributed by atoms with Crippen LogP contribution in [0.15, 0.2) is 101 Å². The molecule has 2 heterocycles. The van der Waals surface area contributed by atoms with Crippen LogP contribution in [0.5, 0.6) is 0 Å². The molecule has 3 aromatic rings. The molecule has 282 valence electrons. The summed E-state index contributed by atoms with van der Waals surface area (Å²) in [6, 6.07) is 28.5. The highest BCUT2D eigenvalue weighted by Gasteiger charge is 2.25. The summed E-state index contributed by atoms with van der Waals surface area (Å²) in [6.07, 6.45) is -4.40. The van der Waals surface area contributed by atoms with Gasteiger partial charge in [-0.05, 0) is 37.5 Å². The monoisotopic (exact) mass is 731 g/mol. The quantitative estimate of drug-likeness (QED) is 0.185. The van der Waals surface area contributed by atoms with E-state index in [1.165, 1.54) is 6.92 Å². The first-order valence-corrected chi connectivity index (χ1v) is 15.9. The summed E-state index contributed by atoms with van der Waals surface area (Å²) in [5, 5.41) is 15.9. The SMILES string of the molecule is CC1=N[C@H](c2ccccc2)COC1=O.CC1N=C(c2ccccc2)COC1=O.CCOC(=O)C(C)=O.N[C@@H](CO)c1ccccc1.OCC(F)(F)F. The normalized spacial score (nSPS) is 16.7. The van der Waals surface area contributed by atoms with Crippen LogP contribution in [0, 0.1) is 0 Å². The molecule has 12 nitrogen and oxygen atoms in total. The molecular weight excluding hydrogens is 687 g/mol. The van der Waals surface area contributed by atoms with Crippen molar-refractivity contribution in [1.82, 2.24) is 0 Å². The second-order valence-electron chi connectivity index (χ2n) is 10.7. The largest absolute Gasteiger partial charge is 0.460 e. The lowest BCUT2D eigenvalue weighted by Gasteiger charge is -2.18. The number of hydrogen-bond acceptors (Lipinski definition) is 12. The number of alkyl halides is 3.